The third-order valence-corrected chi connectivity index (χ3v) is 2.87. The van der Waals surface area contributed by atoms with Crippen LogP contribution in [0.4, 0.5) is 0 Å². The summed E-state index contributed by atoms with van der Waals surface area (Å²) in [5.74, 6) is -0.0956. The highest BCUT2D eigenvalue weighted by Gasteiger charge is 2.17. The van der Waals surface area contributed by atoms with Crippen LogP contribution in [0.1, 0.15) is 27.2 Å². The molecule has 0 aliphatic heterocycles. The SMILES string of the molecule is Cc1cc(C)cc(C(=O)c2c(Cl)cnn2C)c1. The Hall–Kier alpha value is -1.61. The van der Waals surface area contributed by atoms with Crippen molar-refractivity contribution in [3.05, 3.63) is 51.8 Å². The number of benzene rings is 1. The molecule has 88 valence electrons. The van der Waals surface area contributed by atoms with E-state index in [1.165, 1.54) is 10.9 Å². The lowest BCUT2D eigenvalue weighted by Crippen LogP contribution is -2.09. The van der Waals surface area contributed by atoms with E-state index in [0.29, 0.717) is 16.3 Å². The topological polar surface area (TPSA) is 34.9 Å². The molecular formula is C13H13ClN2O. The highest BCUT2D eigenvalue weighted by molar-refractivity contribution is 6.34. The van der Waals surface area contributed by atoms with Gasteiger partial charge >= 0.3 is 0 Å². The summed E-state index contributed by atoms with van der Waals surface area (Å²) < 4.78 is 1.50. The molecule has 2 aromatic rings. The van der Waals surface area contributed by atoms with Gasteiger partial charge in [0.2, 0.25) is 5.78 Å². The molecule has 0 spiro atoms. The molecular weight excluding hydrogens is 236 g/mol. The minimum absolute atomic E-state index is 0.0956. The highest BCUT2D eigenvalue weighted by Crippen LogP contribution is 2.19. The second kappa shape index (κ2) is 4.34. The van der Waals surface area contributed by atoms with Gasteiger partial charge in [0.1, 0.15) is 5.69 Å². The number of ketones is 1. The van der Waals surface area contributed by atoms with Gasteiger partial charge in [-0.1, -0.05) is 28.8 Å². The summed E-state index contributed by atoms with van der Waals surface area (Å²) in [6.45, 7) is 3.93. The summed E-state index contributed by atoms with van der Waals surface area (Å²) in [5.41, 5.74) is 3.20. The first-order chi connectivity index (χ1) is 7.99. The van der Waals surface area contributed by atoms with Crippen LogP contribution >= 0.6 is 11.6 Å². The number of hydrogen-bond donors (Lipinski definition) is 0. The van der Waals surface area contributed by atoms with E-state index in [4.69, 9.17) is 11.6 Å². The van der Waals surface area contributed by atoms with Crippen molar-refractivity contribution in [3.8, 4) is 0 Å². The third kappa shape index (κ3) is 2.24. The number of nitrogens with zero attached hydrogens (tertiary/aromatic N) is 2. The first kappa shape index (κ1) is 11.9. The maximum absolute atomic E-state index is 12.3. The van der Waals surface area contributed by atoms with Crippen molar-refractivity contribution in [2.24, 2.45) is 7.05 Å². The Kier molecular flexibility index (Phi) is 3.03. The van der Waals surface area contributed by atoms with Crippen molar-refractivity contribution in [2.75, 3.05) is 0 Å². The predicted octanol–water partition coefficient (Wildman–Crippen LogP) is 2.92. The van der Waals surface area contributed by atoms with Crippen LogP contribution in [0.15, 0.2) is 24.4 Å². The molecule has 0 saturated heterocycles. The van der Waals surface area contributed by atoms with E-state index in [2.05, 4.69) is 5.10 Å². The van der Waals surface area contributed by atoms with Gasteiger partial charge in [-0.25, -0.2) is 0 Å². The van der Waals surface area contributed by atoms with E-state index < -0.39 is 0 Å². The van der Waals surface area contributed by atoms with E-state index in [1.807, 2.05) is 32.0 Å². The van der Waals surface area contributed by atoms with Crippen molar-refractivity contribution in [3.63, 3.8) is 0 Å². The molecule has 0 unspecified atom stereocenters. The van der Waals surface area contributed by atoms with E-state index in [0.717, 1.165) is 11.1 Å². The molecule has 0 radical (unpaired) electrons. The monoisotopic (exact) mass is 248 g/mol. The molecule has 3 nitrogen and oxygen atoms in total. The molecule has 1 heterocycles. The molecule has 0 saturated carbocycles. The zero-order valence-electron chi connectivity index (χ0n) is 9.99. The molecule has 0 aliphatic rings. The van der Waals surface area contributed by atoms with Crippen LogP contribution in [0.5, 0.6) is 0 Å². The Morgan fingerprint density at radius 1 is 1.24 bits per heavy atom. The molecule has 0 N–H and O–H groups in total. The number of rotatable bonds is 2. The van der Waals surface area contributed by atoms with Crippen LogP contribution in [0.2, 0.25) is 5.02 Å². The predicted molar refractivity (Wildman–Crippen MR) is 67.6 cm³/mol. The van der Waals surface area contributed by atoms with Gasteiger partial charge in [0, 0.05) is 12.6 Å². The minimum atomic E-state index is -0.0956. The van der Waals surface area contributed by atoms with Crippen molar-refractivity contribution >= 4 is 17.4 Å². The number of aryl methyl sites for hydroxylation is 3. The standard InChI is InChI=1S/C13H13ClN2O/c1-8-4-9(2)6-10(5-8)13(17)12-11(14)7-15-16(12)3/h4-7H,1-3H3. The lowest BCUT2D eigenvalue weighted by atomic mass is 10.0. The Morgan fingerprint density at radius 3 is 2.29 bits per heavy atom. The van der Waals surface area contributed by atoms with Crippen LogP contribution < -0.4 is 0 Å². The number of aromatic nitrogens is 2. The summed E-state index contributed by atoms with van der Waals surface area (Å²) >= 11 is 5.97. The van der Waals surface area contributed by atoms with Gasteiger partial charge in [-0.15, -0.1) is 0 Å². The summed E-state index contributed by atoms with van der Waals surface area (Å²) in [5, 5.41) is 4.36. The Morgan fingerprint density at radius 2 is 1.82 bits per heavy atom. The zero-order chi connectivity index (χ0) is 12.6. The van der Waals surface area contributed by atoms with Gasteiger partial charge in [0.25, 0.3) is 0 Å². The van der Waals surface area contributed by atoms with Crippen LogP contribution in [-0.2, 0) is 7.05 Å². The maximum atomic E-state index is 12.3. The summed E-state index contributed by atoms with van der Waals surface area (Å²) in [6.07, 6.45) is 1.48. The molecule has 2 rings (SSSR count). The summed E-state index contributed by atoms with van der Waals surface area (Å²) in [7, 11) is 1.71. The maximum Gasteiger partial charge on any atom is 0.212 e. The first-order valence-electron chi connectivity index (χ1n) is 5.29. The second-order valence-corrected chi connectivity index (χ2v) is 4.58. The van der Waals surface area contributed by atoms with Gasteiger partial charge in [-0.2, -0.15) is 5.10 Å². The minimum Gasteiger partial charge on any atom is -0.287 e. The van der Waals surface area contributed by atoms with Gasteiger partial charge < -0.3 is 0 Å². The van der Waals surface area contributed by atoms with Crippen LogP contribution in [-0.4, -0.2) is 15.6 Å². The third-order valence-electron chi connectivity index (χ3n) is 2.59. The smallest absolute Gasteiger partial charge is 0.212 e. The average Bonchev–Trinajstić information content (AvgIpc) is 2.56. The fourth-order valence-electron chi connectivity index (χ4n) is 1.91. The average molecular weight is 249 g/mol. The molecule has 17 heavy (non-hydrogen) atoms. The van der Waals surface area contributed by atoms with E-state index in [9.17, 15) is 4.79 Å². The number of halogens is 1. The van der Waals surface area contributed by atoms with Gasteiger partial charge in [0.05, 0.1) is 11.2 Å². The van der Waals surface area contributed by atoms with Crippen molar-refractivity contribution < 1.29 is 4.79 Å². The molecule has 1 aromatic carbocycles. The summed E-state index contributed by atoms with van der Waals surface area (Å²) in [4.78, 5) is 12.3. The Labute approximate surface area is 105 Å². The molecule has 0 fully saturated rings. The molecule has 1 aromatic heterocycles. The van der Waals surface area contributed by atoms with E-state index in [-0.39, 0.29) is 5.78 Å². The lowest BCUT2D eigenvalue weighted by Gasteiger charge is -2.05. The largest absolute Gasteiger partial charge is 0.287 e. The molecule has 0 bridgehead atoms. The second-order valence-electron chi connectivity index (χ2n) is 4.17. The fourth-order valence-corrected chi connectivity index (χ4v) is 2.16. The lowest BCUT2D eigenvalue weighted by molar-refractivity contribution is 0.103. The molecule has 0 amide bonds. The Balaban J connectivity index is 2.51. The van der Waals surface area contributed by atoms with E-state index in [1.54, 1.807) is 7.05 Å². The van der Waals surface area contributed by atoms with Crippen LogP contribution in [0, 0.1) is 13.8 Å². The molecule has 0 atom stereocenters. The molecule has 4 heteroatoms. The van der Waals surface area contributed by atoms with Crippen molar-refractivity contribution in [1.29, 1.82) is 0 Å². The van der Waals surface area contributed by atoms with Gasteiger partial charge in [0.15, 0.2) is 0 Å². The number of carbonyl (C=O) groups excluding carboxylic acids is 1. The number of hydrogen-bond acceptors (Lipinski definition) is 2. The summed E-state index contributed by atoms with van der Waals surface area (Å²) in [6, 6.07) is 5.75. The van der Waals surface area contributed by atoms with Gasteiger partial charge in [-0.05, 0) is 26.0 Å². The quantitative estimate of drug-likeness (QED) is 0.766. The van der Waals surface area contributed by atoms with Gasteiger partial charge in [-0.3, -0.25) is 9.48 Å². The van der Waals surface area contributed by atoms with Crippen LogP contribution in [0.3, 0.4) is 0 Å². The van der Waals surface area contributed by atoms with Crippen LogP contribution in [0.25, 0.3) is 0 Å². The van der Waals surface area contributed by atoms with Crippen molar-refractivity contribution in [1.82, 2.24) is 9.78 Å². The van der Waals surface area contributed by atoms with E-state index >= 15 is 0 Å². The molecule has 0 aliphatic carbocycles. The fraction of sp³-hybridized carbons (Fsp3) is 0.231. The normalized spacial score (nSPS) is 10.6. The number of carbonyl (C=O) groups is 1. The highest BCUT2D eigenvalue weighted by atomic mass is 35.5. The Bertz CT molecular complexity index is 547. The first-order valence-corrected chi connectivity index (χ1v) is 5.67. The van der Waals surface area contributed by atoms with Crippen molar-refractivity contribution in [2.45, 2.75) is 13.8 Å². The zero-order valence-corrected chi connectivity index (χ0v) is 10.7.